The van der Waals surface area contributed by atoms with Crippen LogP contribution in [0.4, 0.5) is 17.1 Å². The highest BCUT2D eigenvalue weighted by molar-refractivity contribution is 5.76. The fraction of sp³-hybridized carbons (Fsp3) is 0.600. The summed E-state index contributed by atoms with van der Waals surface area (Å²) in [6.07, 6.45) is 2.94. The molecule has 1 aromatic rings. The van der Waals surface area contributed by atoms with E-state index in [9.17, 15) is 10.1 Å². The van der Waals surface area contributed by atoms with Crippen molar-refractivity contribution >= 4 is 17.1 Å². The molecule has 0 amide bonds. The summed E-state index contributed by atoms with van der Waals surface area (Å²) in [5.74, 6) is 0.519. The first-order valence-electron chi connectivity index (χ1n) is 7.55. The van der Waals surface area contributed by atoms with Crippen LogP contribution in [0.1, 0.15) is 26.2 Å². The van der Waals surface area contributed by atoms with Crippen LogP contribution >= 0.6 is 0 Å². The Labute approximate surface area is 125 Å². The molecule has 0 saturated carbocycles. The summed E-state index contributed by atoms with van der Waals surface area (Å²) < 4.78 is 5.33. The van der Waals surface area contributed by atoms with Gasteiger partial charge in [0.05, 0.1) is 4.92 Å². The van der Waals surface area contributed by atoms with E-state index in [1.807, 2.05) is 13.0 Å². The molecule has 0 unspecified atom stereocenters. The summed E-state index contributed by atoms with van der Waals surface area (Å²) in [7, 11) is 0. The number of hydrogen-bond donors (Lipinski definition) is 2. The Bertz CT molecular complexity index is 473. The number of benzene rings is 1. The third-order valence-electron chi connectivity index (χ3n) is 3.71. The Morgan fingerprint density at radius 2 is 1.95 bits per heavy atom. The number of para-hydroxylation sites is 1. The van der Waals surface area contributed by atoms with Crippen LogP contribution in [-0.2, 0) is 4.74 Å². The molecule has 6 nitrogen and oxygen atoms in total. The van der Waals surface area contributed by atoms with Gasteiger partial charge in [0.1, 0.15) is 11.4 Å². The number of ether oxygens (including phenoxy) is 1. The van der Waals surface area contributed by atoms with Gasteiger partial charge in [0.2, 0.25) is 0 Å². The molecule has 1 aromatic carbocycles. The maximum atomic E-state index is 11.4. The van der Waals surface area contributed by atoms with Crippen molar-refractivity contribution in [1.82, 2.24) is 0 Å². The van der Waals surface area contributed by atoms with Gasteiger partial charge in [-0.15, -0.1) is 0 Å². The molecule has 1 saturated heterocycles. The molecule has 0 radical (unpaired) electrons. The Kier molecular flexibility index (Phi) is 5.80. The zero-order valence-corrected chi connectivity index (χ0v) is 12.4. The molecular weight excluding hydrogens is 270 g/mol. The minimum Gasteiger partial charge on any atom is -0.381 e. The summed E-state index contributed by atoms with van der Waals surface area (Å²) >= 11 is 0. The molecule has 116 valence electrons. The summed E-state index contributed by atoms with van der Waals surface area (Å²) in [5, 5.41) is 17.7. The van der Waals surface area contributed by atoms with Crippen molar-refractivity contribution in [1.29, 1.82) is 0 Å². The molecule has 0 aliphatic carbocycles. The minimum absolute atomic E-state index is 0.137. The smallest absolute Gasteiger partial charge is 0.315 e. The van der Waals surface area contributed by atoms with E-state index in [4.69, 9.17) is 4.74 Å². The average Bonchev–Trinajstić information content (AvgIpc) is 2.51. The van der Waals surface area contributed by atoms with Crippen molar-refractivity contribution in [2.45, 2.75) is 26.2 Å². The number of nitrogens with one attached hydrogen (secondary N) is 2. The third-order valence-corrected chi connectivity index (χ3v) is 3.71. The van der Waals surface area contributed by atoms with Gasteiger partial charge >= 0.3 is 5.69 Å². The molecule has 21 heavy (non-hydrogen) atoms. The Morgan fingerprint density at radius 3 is 2.57 bits per heavy atom. The molecule has 2 rings (SSSR count). The van der Waals surface area contributed by atoms with Crippen LogP contribution in [0, 0.1) is 16.0 Å². The van der Waals surface area contributed by atoms with Crippen molar-refractivity contribution in [3.63, 3.8) is 0 Å². The van der Waals surface area contributed by atoms with Gasteiger partial charge < -0.3 is 15.4 Å². The predicted octanol–water partition coefficient (Wildman–Crippen LogP) is 3.26. The van der Waals surface area contributed by atoms with E-state index in [1.54, 1.807) is 12.1 Å². The van der Waals surface area contributed by atoms with Crippen molar-refractivity contribution < 1.29 is 9.66 Å². The highest BCUT2D eigenvalue weighted by atomic mass is 16.6. The first-order chi connectivity index (χ1) is 10.2. The molecule has 0 atom stereocenters. The second-order valence-corrected chi connectivity index (χ2v) is 5.32. The lowest BCUT2D eigenvalue weighted by Gasteiger charge is -2.22. The molecule has 6 heteroatoms. The highest BCUT2D eigenvalue weighted by Gasteiger charge is 2.21. The number of nitro groups is 1. The van der Waals surface area contributed by atoms with Crippen molar-refractivity contribution in [3.8, 4) is 0 Å². The fourth-order valence-electron chi connectivity index (χ4n) is 2.49. The van der Waals surface area contributed by atoms with Gasteiger partial charge in [-0.1, -0.05) is 13.0 Å². The first-order valence-corrected chi connectivity index (χ1v) is 7.55. The number of anilines is 2. The van der Waals surface area contributed by atoms with E-state index in [0.29, 0.717) is 17.3 Å². The standard InChI is InChI=1S/C15H23N3O3/c1-2-8-16-13-4-3-5-14(15(13)18(19)20)17-11-12-6-9-21-10-7-12/h3-5,12,16-17H,2,6-11H2,1H3. The van der Waals surface area contributed by atoms with Crippen LogP contribution in [0.5, 0.6) is 0 Å². The summed E-state index contributed by atoms with van der Waals surface area (Å²) in [6.45, 7) is 5.08. The summed E-state index contributed by atoms with van der Waals surface area (Å²) in [5.41, 5.74) is 1.31. The van der Waals surface area contributed by atoms with E-state index in [1.165, 1.54) is 0 Å². The van der Waals surface area contributed by atoms with E-state index in [-0.39, 0.29) is 10.6 Å². The average molecular weight is 293 g/mol. The molecule has 2 N–H and O–H groups in total. The van der Waals surface area contributed by atoms with Crippen LogP contribution in [0.15, 0.2) is 18.2 Å². The Morgan fingerprint density at radius 1 is 1.29 bits per heavy atom. The van der Waals surface area contributed by atoms with E-state index < -0.39 is 0 Å². The third kappa shape index (κ3) is 4.32. The topological polar surface area (TPSA) is 76.4 Å². The number of hydrogen-bond acceptors (Lipinski definition) is 5. The van der Waals surface area contributed by atoms with Crippen LogP contribution in [-0.4, -0.2) is 31.2 Å². The van der Waals surface area contributed by atoms with Gasteiger partial charge in [0.25, 0.3) is 0 Å². The summed E-state index contributed by atoms with van der Waals surface area (Å²) in [4.78, 5) is 11.0. The zero-order chi connectivity index (χ0) is 15.1. The number of nitrogens with zero attached hydrogens (tertiary/aromatic N) is 1. The molecule has 1 aliphatic heterocycles. The first kappa shape index (κ1) is 15.6. The molecule has 1 aliphatic rings. The van der Waals surface area contributed by atoms with Gasteiger partial charge in [-0.2, -0.15) is 0 Å². The molecule has 0 spiro atoms. The predicted molar refractivity (Wildman–Crippen MR) is 83.9 cm³/mol. The fourth-order valence-corrected chi connectivity index (χ4v) is 2.49. The largest absolute Gasteiger partial charge is 0.381 e. The van der Waals surface area contributed by atoms with Crippen LogP contribution in [0.3, 0.4) is 0 Å². The lowest BCUT2D eigenvalue weighted by Crippen LogP contribution is -2.23. The lowest BCUT2D eigenvalue weighted by molar-refractivity contribution is -0.383. The van der Waals surface area contributed by atoms with Crippen LogP contribution < -0.4 is 10.6 Å². The Balaban J connectivity index is 2.07. The van der Waals surface area contributed by atoms with Crippen molar-refractivity contribution in [3.05, 3.63) is 28.3 Å². The second-order valence-electron chi connectivity index (χ2n) is 5.32. The van der Waals surface area contributed by atoms with E-state index >= 15 is 0 Å². The number of nitro benzene ring substituents is 1. The van der Waals surface area contributed by atoms with E-state index in [2.05, 4.69) is 10.6 Å². The molecule has 1 heterocycles. The summed E-state index contributed by atoms with van der Waals surface area (Å²) in [6, 6.07) is 5.37. The molecular formula is C15H23N3O3. The van der Waals surface area contributed by atoms with Gasteiger partial charge in [0.15, 0.2) is 0 Å². The number of rotatable bonds is 7. The van der Waals surface area contributed by atoms with Gasteiger partial charge in [-0.05, 0) is 37.3 Å². The van der Waals surface area contributed by atoms with Gasteiger partial charge in [-0.3, -0.25) is 10.1 Å². The van der Waals surface area contributed by atoms with Gasteiger partial charge in [-0.25, -0.2) is 0 Å². The van der Waals surface area contributed by atoms with Crippen molar-refractivity contribution in [2.24, 2.45) is 5.92 Å². The SMILES string of the molecule is CCCNc1cccc(NCC2CCOCC2)c1[N+](=O)[O-]. The molecule has 0 bridgehead atoms. The monoisotopic (exact) mass is 293 g/mol. The van der Waals surface area contributed by atoms with E-state index in [0.717, 1.165) is 45.6 Å². The molecule has 0 aromatic heterocycles. The second kappa shape index (κ2) is 7.83. The maximum Gasteiger partial charge on any atom is 0.315 e. The Hall–Kier alpha value is -1.82. The quantitative estimate of drug-likeness (QED) is 0.596. The normalized spacial score (nSPS) is 15.7. The highest BCUT2D eigenvalue weighted by Crippen LogP contribution is 2.33. The minimum atomic E-state index is -0.315. The lowest BCUT2D eigenvalue weighted by atomic mass is 10.0. The van der Waals surface area contributed by atoms with Crippen LogP contribution in [0.2, 0.25) is 0 Å². The zero-order valence-electron chi connectivity index (χ0n) is 12.4. The van der Waals surface area contributed by atoms with Gasteiger partial charge in [0, 0.05) is 26.3 Å². The molecule has 1 fully saturated rings. The maximum absolute atomic E-state index is 11.4. The van der Waals surface area contributed by atoms with Crippen LogP contribution in [0.25, 0.3) is 0 Å². The van der Waals surface area contributed by atoms with Crippen molar-refractivity contribution in [2.75, 3.05) is 36.9 Å².